The van der Waals surface area contributed by atoms with E-state index >= 15 is 0 Å². The van der Waals surface area contributed by atoms with Crippen molar-refractivity contribution in [2.45, 2.75) is 26.1 Å². The highest BCUT2D eigenvalue weighted by atomic mass is 35.5. The summed E-state index contributed by atoms with van der Waals surface area (Å²) in [5, 5.41) is 4.70. The number of benzene rings is 1. The van der Waals surface area contributed by atoms with E-state index in [2.05, 4.69) is 10.1 Å². The zero-order valence-electron chi connectivity index (χ0n) is 14.5. The predicted octanol–water partition coefficient (Wildman–Crippen LogP) is 4.23. The second kappa shape index (κ2) is 6.56. The Hall–Kier alpha value is -2.54. The van der Waals surface area contributed by atoms with Gasteiger partial charge in [0, 0.05) is 18.2 Å². The largest absolute Gasteiger partial charge is 0.419 e. The minimum Gasteiger partial charge on any atom is -0.256 e. The molecule has 0 atom stereocenters. The van der Waals surface area contributed by atoms with Crippen LogP contribution < -0.4 is 9.88 Å². The van der Waals surface area contributed by atoms with Crippen LogP contribution in [0.5, 0.6) is 0 Å². The van der Waals surface area contributed by atoms with Gasteiger partial charge in [0.05, 0.1) is 23.5 Å². The number of aryl methyl sites for hydroxylation is 1. The van der Waals surface area contributed by atoms with Gasteiger partial charge in [0.2, 0.25) is 0 Å². The maximum absolute atomic E-state index is 12.8. The number of nitrogens with one attached hydrogen (secondary N) is 1. The molecule has 3 heterocycles. The molecule has 0 aliphatic carbocycles. The van der Waals surface area contributed by atoms with E-state index in [9.17, 15) is 13.2 Å². The Morgan fingerprint density at radius 2 is 1.93 bits per heavy atom. The molecule has 1 N–H and O–H groups in total. The highest BCUT2D eigenvalue weighted by molar-refractivity contribution is 6.32. The third kappa shape index (κ3) is 3.51. The summed E-state index contributed by atoms with van der Waals surface area (Å²) in [4.78, 5) is 4.64. The summed E-state index contributed by atoms with van der Waals surface area (Å²) in [5.41, 5.74) is 3.39. The summed E-state index contributed by atoms with van der Waals surface area (Å²) in [6.45, 7) is 3.18. The average Bonchev–Trinajstić information content (AvgIpc) is 3.04. The molecule has 0 spiro atoms. The lowest BCUT2D eigenvalue weighted by Gasteiger charge is -2.21. The van der Waals surface area contributed by atoms with Crippen LogP contribution in [0.15, 0.2) is 42.7 Å². The number of rotatable bonds is 2. The molecule has 1 aliphatic heterocycles. The number of aromatic nitrogens is 3. The maximum Gasteiger partial charge on any atom is 0.419 e. The zero-order valence-corrected chi connectivity index (χ0v) is 15.3. The topological polar surface area (TPSA) is 35.2 Å². The van der Waals surface area contributed by atoms with Crippen molar-refractivity contribution in [1.29, 1.82) is 0 Å². The average molecular weight is 394 g/mol. The van der Waals surface area contributed by atoms with Gasteiger partial charge >= 0.3 is 6.18 Å². The molecule has 3 aromatic rings. The SMILES string of the molecule is Cc1ccc(-n2cc3c(n2)CCN(c2[nH+]cc(C(F)(F)F)cc2Cl)C3)cc1. The number of fused-ring (bicyclic) bond motifs is 1. The van der Waals surface area contributed by atoms with E-state index in [0.717, 1.165) is 29.2 Å². The molecule has 4 rings (SSSR count). The minimum absolute atomic E-state index is 0.0548. The van der Waals surface area contributed by atoms with Gasteiger partial charge in [-0.3, -0.25) is 4.90 Å². The van der Waals surface area contributed by atoms with Crippen molar-refractivity contribution in [3.05, 3.63) is 70.1 Å². The first-order valence-corrected chi connectivity index (χ1v) is 8.87. The summed E-state index contributed by atoms with van der Waals surface area (Å²) < 4.78 is 40.3. The smallest absolute Gasteiger partial charge is 0.256 e. The van der Waals surface area contributed by atoms with E-state index in [1.165, 1.54) is 5.56 Å². The van der Waals surface area contributed by atoms with Gasteiger partial charge in [-0.2, -0.15) is 18.3 Å². The van der Waals surface area contributed by atoms with Crippen LogP contribution in [0.3, 0.4) is 0 Å². The fourth-order valence-electron chi connectivity index (χ4n) is 3.20. The summed E-state index contributed by atoms with van der Waals surface area (Å²) in [6, 6.07) is 9.02. The standard InChI is InChI=1S/C19H16ClF3N4/c1-12-2-4-15(5-3-12)27-11-13-10-26(7-6-17(13)25-27)18-16(20)8-14(9-24-18)19(21,22)23/h2-5,8-9,11H,6-7,10H2,1H3/p+1. The first kappa shape index (κ1) is 17.9. The third-order valence-corrected chi connectivity index (χ3v) is 4.96. The third-order valence-electron chi connectivity index (χ3n) is 4.67. The molecular formula is C19H17ClF3N4+. The number of pyridine rings is 1. The minimum atomic E-state index is -4.43. The van der Waals surface area contributed by atoms with Crippen LogP contribution in [0.2, 0.25) is 5.02 Å². The quantitative estimate of drug-likeness (QED) is 0.653. The summed E-state index contributed by atoms with van der Waals surface area (Å²) in [7, 11) is 0. The Kier molecular flexibility index (Phi) is 4.34. The number of aromatic amines is 1. The van der Waals surface area contributed by atoms with Gasteiger partial charge in [-0.05, 0) is 25.1 Å². The van der Waals surface area contributed by atoms with Crippen LogP contribution in [0, 0.1) is 6.92 Å². The van der Waals surface area contributed by atoms with Crippen molar-refractivity contribution in [1.82, 2.24) is 9.78 Å². The molecule has 0 bridgehead atoms. The van der Waals surface area contributed by atoms with E-state index in [0.29, 0.717) is 25.3 Å². The molecule has 0 amide bonds. The Morgan fingerprint density at radius 1 is 1.19 bits per heavy atom. The van der Waals surface area contributed by atoms with E-state index in [1.54, 1.807) is 0 Å². The molecule has 27 heavy (non-hydrogen) atoms. The Balaban J connectivity index is 1.59. The lowest BCUT2D eigenvalue weighted by molar-refractivity contribution is -0.367. The molecule has 2 aromatic heterocycles. The molecule has 140 valence electrons. The normalized spacial score (nSPS) is 14.3. The predicted molar refractivity (Wildman–Crippen MR) is 96.1 cm³/mol. The fourth-order valence-corrected chi connectivity index (χ4v) is 3.49. The number of hydrogen-bond donors (Lipinski definition) is 0. The Bertz CT molecular complexity index is 980. The van der Waals surface area contributed by atoms with E-state index in [4.69, 9.17) is 11.6 Å². The Labute approximate surface area is 159 Å². The van der Waals surface area contributed by atoms with Crippen LogP contribution in [0.4, 0.5) is 19.0 Å². The summed E-state index contributed by atoms with van der Waals surface area (Å²) in [5.74, 6) is 0.485. The van der Waals surface area contributed by atoms with E-state index in [1.807, 2.05) is 47.0 Å². The zero-order chi connectivity index (χ0) is 19.2. The summed E-state index contributed by atoms with van der Waals surface area (Å²) in [6.07, 6.45) is -0.821. The first-order valence-electron chi connectivity index (χ1n) is 8.49. The van der Waals surface area contributed by atoms with Gasteiger partial charge in [0.1, 0.15) is 17.8 Å². The molecule has 0 unspecified atom stereocenters. The second-order valence-corrected chi connectivity index (χ2v) is 7.04. The number of halogens is 4. The number of hydrogen-bond acceptors (Lipinski definition) is 2. The lowest BCUT2D eigenvalue weighted by atomic mass is 10.1. The molecule has 1 aliphatic rings. The molecular weight excluding hydrogens is 377 g/mol. The molecule has 0 radical (unpaired) electrons. The molecule has 1 aromatic carbocycles. The highest BCUT2D eigenvalue weighted by Gasteiger charge is 2.34. The van der Waals surface area contributed by atoms with E-state index < -0.39 is 11.7 Å². The Morgan fingerprint density at radius 3 is 2.59 bits per heavy atom. The summed E-state index contributed by atoms with van der Waals surface area (Å²) >= 11 is 6.12. The highest BCUT2D eigenvalue weighted by Crippen LogP contribution is 2.33. The number of nitrogens with zero attached hydrogens (tertiary/aromatic N) is 3. The van der Waals surface area contributed by atoms with Crippen LogP contribution in [0.1, 0.15) is 22.4 Å². The van der Waals surface area contributed by atoms with Crippen LogP contribution in [-0.4, -0.2) is 16.3 Å². The second-order valence-electron chi connectivity index (χ2n) is 6.64. The van der Waals surface area contributed by atoms with Crippen LogP contribution in [0.25, 0.3) is 5.69 Å². The van der Waals surface area contributed by atoms with Gasteiger partial charge in [-0.25, -0.2) is 9.67 Å². The van der Waals surface area contributed by atoms with Gasteiger partial charge < -0.3 is 0 Å². The maximum atomic E-state index is 12.8. The fraction of sp³-hybridized carbons (Fsp3) is 0.263. The lowest BCUT2D eigenvalue weighted by Crippen LogP contribution is -2.34. The number of H-pyrrole nitrogens is 1. The number of anilines is 1. The van der Waals surface area contributed by atoms with Gasteiger partial charge in [0.15, 0.2) is 0 Å². The van der Waals surface area contributed by atoms with Crippen molar-refractivity contribution in [2.24, 2.45) is 0 Å². The van der Waals surface area contributed by atoms with E-state index in [-0.39, 0.29) is 5.02 Å². The van der Waals surface area contributed by atoms with Crippen LogP contribution in [-0.2, 0) is 19.1 Å². The molecule has 0 saturated carbocycles. The first-order chi connectivity index (χ1) is 12.8. The van der Waals surface area contributed by atoms with Gasteiger partial charge in [-0.1, -0.05) is 29.3 Å². The molecule has 4 nitrogen and oxygen atoms in total. The molecule has 0 fully saturated rings. The van der Waals surface area contributed by atoms with Crippen molar-refractivity contribution in [2.75, 3.05) is 11.4 Å². The molecule has 0 saturated heterocycles. The van der Waals surface area contributed by atoms with Crippen molar-refractivity contribution >= 4 is 17.4 Å². The van der Waals surface area contributed by atoms with Crippen molar-refractivity contribution < 1.29 is 18.2 Å². The van der Waals surface area contributed by atoms with Crippen LogP contribution >= 0.6 is 11.6 Å². The van der Waals surface area contributed by atoms with Gasteiger partial charge in [0.25, 0.3) is 5.82 Å². The number of alkyl halides is 3. The van der Waals surface area contributed by atoms with Crippen molar-refractivity contribution in [3.8, 4) is 5.69 Å². The monoisotopic (exact) mass is 393 g/mol. The molecule has 8 heteroatoms. The van der Waals surface area contributed by atoms with Gasteiger partial charge in [-0.15, -0.1) is 0 Å². The van der Waals surface area contributed by atoms with Crippen molar-refractivity contribution in [3.63, 3.8) is 0 Å².